The number of carboxylic acid groups (broad SMARTS) is 1. The van der Waals surface area contributed by atoms with Crippen molar-refractivity contribution in [2.45, 2.75) is 52.3 Å². The predicted octanol–water partition coefficient (Wildman–Crippen LogP) is 3.97. The van der Waals surface area contributed by atoms with E-state index in [1.165, 1.54) is 19.3 Å². The van der Waals surface area contributed by atoms with Crippen LogP contribution in [0, 0.1) is 0 Å². The van der Waals surface area contributed by atoms with E-state index >= 15 is 0 Å². The van der Waals surface area contributed by atoms with Crippen LogP contribution in [0.2, 0.25) is 0 Å². The number of hydrogen-bond acceptors (Lipinski definition) is 5. The molecule has 8 nitrogen and oxygen atoms in total. The topological polar surface area (TPSA) is 109 Å². The molecule has 0 saturated carbocycles. The molecule has 0 fully saturated rings. The molecule has 3 rings (SSSR count). The second-order valence-electron chi connectivity index (χ2n) is 7.40. The second-order valence-corrected chi connectivity index (χ2v) is 7.40. The van der Waals surface area contributed by atoms with Crippen molar-refractivity contribution in [3.8, 4) is 11.3 Å². The maximum atomic E-state index is 12.2. The predicted molar refractivity (Wildman–Crippen MR) is 106 cm³/mol. The van der Waals surface area contributed by atoms with Crippen molar-refractivity contribution < 1.29 is 28.6 Å². The number of carboxylic acids is 1. The summed E-state index contributed by atoms with van der Waals surface area (Å²) in [6, 6.07) is 6.32. The van der Waals surface area contributed by atoms with Crippen LogP contribution in [-0.4, -0.2) is 35.2 Å². The molecule has 1 unspecified atom stereocenters. The molecular weight excluding hydrogens is 376 g/mol. The highest BCUT2D eigenvalue weighted by Gasteiger charge is 2.34. The summed E-state index contributed by atoms with van der Waals surface area (Å²) in [6.07, 6.45) is 0.905. The number of hydrogen-bond donors (Lipinski definition) is 2. The number of rotatable bonds is 4. The number of carbonyl (C=O) groups is 3. The lowest BCUT2D eigenvalue weighted by Crippen LogP contribution is -2.45. The van der Waals surface area contributed by atoms with Crippen molar-refractivity contribution in [3.63, 3.8) is 0 Å². The number of nitrogens with zero attached hydrogens (tertiary/aromatic N) is 1. The molecule has 0 saturated heterocycles. The molecule has 0 aliphatic carbocycles. The van der Waals surface area contributed by atoms with Gasteiger partial charge in [-0.05, 0) is 57.0 Å². The van der Waals surface area contributed by atoms with Gasteiger partial charge < -0.3 is 24.5 Å². The van der Waals surface area contributed by atoms with Gasteiger partial charge in [0.1, 0.15) is 12.0 Å². The summed E-state index contributed by atoms with van der Waals surface area (Å²) in [6.45, 7) is 6.96. The number of aromatic carboxylic acids is 1. The molecule has 154 valence electrons. The first-order chi connectivity index (χ1) is 13.7. The Morgan fingerprint density at radius 2 is 2.00 bits per heavy atom. The summed E-state index contributed by atoms with van der Waals surface area (Å²) < 4.78 is 10.6. The largest absolute Gasteiger partial charge is 0.478 e. The Morgan fingerprint density at radius 1 is 1.28 bits per heavy atom. The Hall–Kier alpha value is -3.29. The average molecular weight is 400 g/mol. The first-order valence-electron chi connectivity index (χ1n) is 9.40. The molecule has 1 aliphatic heterocycles. The first kappa shape index (κ1) is 20.4. The number of alkyl carbamates (subject to hydrolysis) is 1. The van der Waals surface area contributed by atoms with Crippen LogP contribution in [0.25, 0.3) is 11.3 Å². The van der Waals surface area contributed by atoms with Crippen LogP contribution in [0.3, 0.4) is 0 Å². The van der Waals surface area contributed by atoms with Gasteiger partial charge in [0.25, 0.3) is 0 Å². The number of ether oxygens (including phenoxy) is 1. The third-order valence-corrected chi connectivity index (χ3v) is 4.79. The van der Waals surface area contributed by atoms with Gasteiger partial charge in [-0.3, -0.25) is 4.79 Å². The zero-order chi connectivity index (χ0) is 21.3. The van der Waals surface area contributed by atoms with E-state index in [1.807, 2.05) is 13.0 Å². The molecule has 1 aliphatic rings. The minimum Gasteiger partial charge on any atom is -0.478 e. The maximum absolute atomic E-state index is 12.2. The van der Waals surface area contributed by atoms with E-state index in [-0.39, 0.29) is 29.7 Å². The fourth-order valence-electron chi connectivity index (χ4n) is 3.62. The number of furan rings is 1. The number of amides is 2. The molecule has 8 heteroatoms. The Morgan fingerprint density at radius 3 is 2.59 bits per heavy atom. The van der Waals surface area contributed by atoms with E-state index in [0.29, 0.717) is 23.4 Å². The van der Waals surface area contributed by atoms with Crippen LogP contribution in [0.5, 0.6) is 0 Å². The molecule has 1 aromatic heterocycles. The minimum absolute atomic E-state index is 0.0480. The molecule has 2 N–H and O–H groups in total. The summed E-state index contributed by atoms with van der Waals surface area (Å²) in [5.41, 5.74) is 2.13. The smallest absolute Gasteiger partial charge is 0.407 e. The average Bonchev–Trinajstić information content (AvgIpc) is 3.10. The zero-order valence-corrected chi connectivity index (χ0v) is 16.8. The van der Waals surface area contributed by atoms with E-state index in [9.17, 15) is 14.4 Å². The summed E-state index contributed by atoms with van der Waals surface area (Å²) >= 11 is 0. The van der Waals surface area contributed by atoms with Crippen molar-refractivity contribution >= 4 is 23.7 Å². The third-order valence-electron chi connectivity index (χ3n) is 4.79. The summed E-state index contributed by atoms with van der Waals surface area (Å²) in [5.74, 6) is -0.784. The number of fused-ring (bicyclic) bond motifs is 1. The first-order valence-corrected chi connectivity index (χ1v) is 9.40. The molecule has 2 heterocycles. The fraction of sp³-hybridized carbons (Fsp3) is 0.381. The number of carbonyl (C=O) groups excluding carboxylic acids is 2. The standard InChI is InChI=1S/C21H24N2O6/c1-11(2)29-21(27)22-17-7-12(3)23(13(4)24)18-6-5-14(8-16(17)18)19-9-15(10-28-19)20(25)26/h5-6,8-12,17H,7H2,1-4H3,(H,22,27)(H,25,26)/t12?,17-/m0/s1. The van der Waals surface area contributed by atoms with Crippen LogP contribution in [-0.2, 0) is 9.53 Å². The zero-order valence-electron chi connectivity index (χ0n) is 16.8. The van der Waals surface area contributed by atoms with Crippen molar-refractivity contribution in [1.82, 2.24) is 5.32 Å². The monoisotopic (exact) mass is 400 g/mol. The normalized spacial score (nSPS) is 18.3. The fourth-order valence-corrected chi connectivity index (χ4v) is 3.62. The summed E-state index contributed by atoms with van der Waals surface area (Å²) in [4.78, 5) is 37.2. The van der Waals surface area contributed by atoms with Crippen LogP contribution in [0.4, 0.5) is 10.5 Å². The molecule has 2 amide bonds. The van der Waals surface area contributed by atoms with Crippen molar-refractivity contribution in [2.24, 2.45) is 0 Å². The van der Waals surface area contributed by atoms with Crippen molar-refractivity contribution in [1.29, 1.82) is 0 Å². The van der Waals surface area contributed by atoms with Crippen LogP contribution < -0.4 is 10.2 Å². The Labute approximate surface area is 168 Å². The third kappa shape index (κ3) is 4.26. The van der Waals surface area contributed by atoms with Gasteiger partial charge in [-0.25, -0.2) is 9.59 Å². The van der Waals surface area contributed by atoms with Gasteiger partial charge in [-0.15, -0.1) is 0 Å². The lowest BCUT2D eigenvalue weighted by molar-refractivity contribution is -0.117. The molecule has 2 atom stereocenters. The van der Waals surface area contributed by atoms with Gasteiger partial charge >= 0.3 is 12.1 Å². The SMILES string of the molecule is CC(=O)N1c2ccc(-c3cc(C(=O)O)co3)cc2[C@@H](NC(=O)OC(C)C)CC1C. The molecule has 2 aromatic rings. The molecule has 0 radical (unpaired) electrons. The van der Waals surface area contributed by atoms with E-state index in [0.717, 1.165) is 5.56 Å². The highest BCUT2D eigenvalue weighted by Crippen LogP contribution is 2.40. The molecule has 29 heavy (non-hydrogen) atoms. The van der Waals surface area contributed by atoms with Gasteiger partial charge in [-0.1, -0.05) is 0 Å². The van der Waals surface area contributed by atoms with E-state index in [2.05, 4.69) is 5.32 Å². The van der Waals surface area contributed by atoms with Gasteiger partial charge in [0, 0.05) is 24.2 Å². The number of nitrogens with one attached hydrogen (secondary N) is 1. The molecule has 1 aromatic carbocycles. The van der Waals surface area contributed by atoms with E-state index < -0.39 is 12.1 Å². The number of benzene rings is 1. The molecule has 0 bridgehead atoms. The van der Waals surface area contributed by atoms with Gasteiger partial charge in [0.15, 0.2) is 0 Å². The minimum atomic E-state index is -1.08. The van der Waals surface area contributed by atoms with E-state index in [1.54, 1.807) is 30.9 Å². The summed E-state index contributed by atoms with van der Waals surface area (Å²) in [5, 5.41) is 12.0. The Bertz CT molecular complexity index is 948. The lowest BCUT2D eigenvalue weighted by Gasteiger charge is -2.39. The van der Waals surface area contributed by atoms with Crippen molar-refractivity contribution in [3.05, 3.63) is 41.7 Å². The van der Waals surface area contributed by atoms with Gasteiger partial charge in [0.05, 0.1) is 17.7 Å². The lowest BCUT2D eigenvalue weighted by atomic mass is 9.90. The maximum Gasteiger partial charge on any atom is 0.407 e. The highest BCUT2D eigenvalue weighted by atomic mass is 16.6. The molecular formula is C21H24N2O6. The highest BCUT2D eigenvalue weighted by molar-refractivity contribution is 5.94. The van der Waals surface area contributed by atoms with Gasteiger partial charge in [-0.2, -0.15) is 0 Å². The van der Waals surface area contributed by atoms with Crippen molar-refractivity contribution in [2.75, 3.05) is 4.90 Å². The Kier molecular flexibility index (Phi) is 5.63. The van der Waals surface area contributed by atoms with Gasteiger partial charge in [0.2, 0.25) is 5.91 Å². The second kappa shape index (κ2) is 7.98. The summed E-state index contributed by atoms with van der Waals surface area (Å²) in [7, 11) is 0. The molecule has 0 spiro atoms. The van der Waals surface area contributed by atoms with E-state index in [4.69, 9.17) is 14.3 Å². The quantitative estimate of drug-likeness (QED) is 0.804. The van der Waals surface area contributed by atoms with Crippen LogP contribution >= 0.6 is 0 Å². The number of anilines is 1. The van der Waals surface area contributed by atoms with Crippen LogP contribution in [0.1, 0.15) is 56.1 Å². The Balaban J connectivity index is 2.02. The van der Waals surface area contributed by atoms with Crippen LogP contribution in [0.15, 0.2) is 34.9 Å².